The molecule has 0 amide bonds. The standard InChI is InChI=1S/C16H21N3O4S/c1-22-14-8-7-11(9-15(14)23-2)24(20,21)17-10-16-18-12-5-3-4-6-13(12)19-16/h7-9,17H,3-6,10H2,1-2H3,(H,18,19). The lowest BCUT2D eigenvalue weighted by atomic mass is 10.0. The molecular formula is C16H21N3O4S. The van der Waals surface area contributed by atoms with Crippen LogP contribution in [0.25, 0.3) is 0 Å². The zero-order chi connectivity index (χ0) is 17.2. The first-order valence-electron chi connectivity index (χ1n) is 7.82. The molecule has 0 aliphatic heterocycles. The van der Waals surface area contributed by atoms with Gasteiger partial charge in [-0.25, -0.2) is 18.1 Å². The van der Waals surface area contributed by atoms with Gasteiger partial charge in [0.15, 0.2) is 11.5 Å². The van der Waals surface area contributed by atoms with Crippen LogP contribution < -0.4 is 14.2 Å². The molecule has 0 saturated heterocycles. The number of hydrogen-bond acceptors (Lipinski definition) is 5. The maximum atomic E-state index is 12.5. The Labute approximate surface area is 141 Å². The number of nitrogens with one attached hydrogen (secondary N) is 2. The normalized spacial score (nSPS) is 14.2. The van der Waals surface area contributed by atoms with E-state index in [2.05, 4.69) is 14.7 Å². The third kappa shape index (κ3) is 3.39. The molecule has 0 spiro atoms. The Balaban J connectivity index is 1.75. The summed E-state index contributed by atoms with van der Waals surface area (Å²) in [4.78, 5) is 7.82. The van der Waals surface area contributed by atoms with Crippen LogP contribution in [-0.2, 0) is 29.4 Å². The average Bonchev–Trinajstić information content (AvgIpc) is 3.02. The summed E-state index contributed by atoms with van der Waals surface area (Å²) in [7, 11) is -0.693. The van der Waals surface area contributed by atoms with Gasteiger partial charge in [-0.3, -0.25) is 0 Å². The van der Waals surface area contributed by atoms with Gasteiger partial charge in [-0.1, -0.05) is 0 Å². The first-order valence-corrected chi connectivity index (χ1v) is 9.30. The van der Waals surface area contributed by atoms with Crippen molar-refractivity contribution in [3.05, 3.63) is 35.4 Å². The number of aromatic amines is 1. The number of ether oxygens (including phenoxy) is 2. The zero-order valence-corrected chi connectivity index (χ0v) is 14.6. The number of benzene rings is 1. The fourth-order valence-corrected chi connectivity index (χ4v) is 3.83. The Morgan fingerprint density at radius 2 is 1.92 bits per heavy atom. The summed E-state index contributed by atoms with van der Waals surface area (Å²) in [5, 5.41) is 0. The van der Waals surface area contributed by atoms with Crippen LogP contribution in [0.4, 0.5) is 0 Å². The number of aromatic nitrogens is 2. The summed E-state index contributed by atoms with van der Waals surface area (Å²) in [6, 6.07) is 4.49. The number of imidazole rings is 1. The van der Waals surface area contributed by atoms with Crippen LogP contribution in [0.15, 0.2) is 23.1 Å². The lowest BCUT2D eigenvalue weighted by molar-refractivity contribution is 0.354. The van der Waals surface area contributed by atoms with Crippen molar-refractivity contribution in [2.45, 2.75) is 37.1 Å². The molecule has 1 aliphatic carbocycles. The van der Waals surface area contributed by atoms with Crippen LogP contribution in [0.2, 0.25) is 0 Å². The molecule has 2 N–H and O–H groups in total. The van der Waals surface area contributed by atoms with Gasteiger partial charge in [-0.2, -0.15) is 0 Å². The first kappa shape index (κ1) is 16.8. The molecule has 0 saturated carbocycles. The molecule has 0 radical (unpaired) electrons. The second-order valence-electron chi connectivity index (χ2n) is 5.66. The van der Waals surface area contributed by atoms with Crippen LogP contribution >= 0.6 is 0 Å². The highest BCUT2D eigenvalue weighted by atomic mass is 32.2. The number of aryl methyl sites for hydroxylation is 2. The number of rotatable bonds is 6. The molecule has 3 rings (SSSR count). The van der Waals surface area contributed by atoms with Crippen LogP contribution in [-0.4, -0.2) is 32.6 Å². The lowest BCUT2D eigenvalue weighted by Crippen LogP contribution is -2.24. The first-order chi connectivity index (χ1) is 11.5. The van der Waals surface area contributed by atoms with E-state index in [0.717, 1.165) is 37.1 Å². The van der Waals surface area contributed by atoms with Gasteiger partial charge < -0.3 is 14.5 Å². The molecular weight excluding hydrogens is 330 g/mol. The minimum atomic E-state index is -3.66. The van der Waals surface area contributed by atoms with Crippen molar-refractivity contribution in [2.24, 2.45) is 0 Å². The highest BCUT2D eigenvalue weighted by Crippen LogP contribution is 2.29. The fraction of sp³-hybridized carbons (Fsp3) is 0.438. The van der Waals surface area contributed by atoms with E-state index in [-0.39, 0.29) is 11.4 Å². The third-order valence-corrected chi connectivity index (χ3v) is 5.50. The molecule has 130 valence electrons. The molecule has 1 aromatic carbocycles. The van der Waals surface area contributed by atoms with E-state index >= 15 is 0 Å². The van der Waals surface area contributed by atoms with Gasteiger partial charge in [0.2, 0.25) is 10.0 Å². The molecule has 0 atom stereocenters. The Bertz CT molecular complexity index is 806. The Morgan fingerprint density at radius 3 is 2.62 bits per heavy atom. The van der Waals surface area contributed by atoms with Gasteiger partial charge in [0.25, 0.3) is 0 Å². The van der Waals surface area contributed by atoms with Crippen LogP contribution in [0.5, 0.6) is 11.5 Å². The van der Waals surface area contributed by atoms with Crippen LogP contribution in [0.1, 0.15) is 30.1 Å². The van der Waals surface area contributed by atoms with Gasteiger partial charge >= 0.3 is 0 Å². The predicted octanol–water partition coefficient (Wildman–Crippen LogP) is 1.78. The Hall–Kier alpha value is -2.06. The third-order valence-electron chi connectivity index (χ3n) is 4.10. The van der Waals surface area contributed by atoms with Crippen molar-refractivity contribution < 1.29 is 17.9 Å². The average molecular weight is 351 g/mol. The fourth-order valence-electron chi connectivity index (χ4n) is 2.83. The van der Waals surface area contributed by atoms with E-state index in [0.29, 0.717) is 17.3 Å². The summed E-state index contributed by atoms with van der Waals surface area (Å²) in [6.45, 7) is 0.129. The molecule has 0 bridgehead atoms. The van der Waals surface area contributed by atoms with E-state index in [1.807, 2.05) is 0 Å². The predicted molar refractivity (Wildman–Crippen MR) is 88.8 cm³/mol. The number of hydrogen-bond donors (Lipinski definition) is 2. The van der Waals surface area contributed by atoms with Crippen LogP contribution in [0, 0.1) is 0 Å². The van der Waals surface area contributed by atoms with E-state index in [1.165, 1.54) is 26.4 Å². The lowest BCUT2D eigenvalue weighted by Gasteiger charge is -2.10. The molecule has 0 unspecified atom stereocenters. The Morgan fingerprint density at radius 1 is 1.17 bits per heavy atom. The monoisotopic (exact) mass is 351 g/mol. The van der Waals surface area contributed by atoms with Gasteiger partial charge in [0.1, 0.15) is 5.82 Å². The van der Waals surface area contributed by atoms with Gasteiger partial charge in [0.05, 0.1) is 31.4 Å². The smallest absolute Gasteiger partial charge is 0.241 e. The molecule has 1 heterocycles. The maximum Gasteiger partial charge on any atom is 0.241 e. The van der Waals surface area contributed by atoms with E-state index in [1.54, 1.807) is 6.07 Å². The molecule has 0 fully saturated rings. The van der Waals surface area contributed by atoms with Crippen molar-refractivity contribution in [1.29, 1.82) is 0 Å². The quantitative estimate of drug-likeness (QED) is 0.827. The summed E-state index contributed by atoms with van der Waals surface area (Å²) in [6.07, 6.45) is 4.21. The minimum absolute atomic E-state index is 0.122. The molecule has 8 heteroatoms. The molecule has 24 heavy (non-hydrogen) atoms. The Kier molecular flexibility index (Phi) is 4.77. The molecule has 7 nitrogen and oxygen atoms in total. The molecule has 2 aromatic rings. The van der Waals surface area contributed by atoms with Crippen molar-refractivity contribution >= 4 is 10.0 Å². The van der Waals surface area contributed by atoms with Gasteiger partial charge in [-0.05, 0) is 37.8 Å². The zero-order valence-electron chi connectivity index (χ0n) is 13.8. The summed E-state index contributed by atoms with van der Waals surface area (Å²) < 4.78 is 37.8. The maximum absolute atomic E-state index is 12.5. The van der Waals surface area contributed by atoms with E-state index in [4.69, 9.17) is 9.47 Å². The largest absolute Gasteiger partial charge is 0.493 e. The minimum Gasteiger partial charge on any atom is -0.493 e. The molecule has 1 aliphatic rings. The van der Waals surface area contributed by atoms with Gasteiger partial charge in [-0.15, -0.1) is 0 Å². The van der Waals surface area contributed by atoms with E-state index < -0.39 is 10.0 Å². The SMILES string of the molecule is COc1ccc(S(=O)(=O)NCc2nc3c([nH]2)CCCC3)cc1OC. The summed E-state index contributed by atoms with van der Waals surface area (Å²) >= 11 is 0. The van der Waals surface area contributed by atoms with Crippen LogP contribution in [0.3, 0.4) is 0 Å². The number of methoxy groups -OCH3 is 2. The highest BCUT2D eigenvalue weighted by Gasteiger charge is 2.19. The number of fused-ring (bicyclic) bond motifs is 1. The van der Waals surface area contributed by atoms with Crippen molar-refractivity contribution in [2.75, 3.05) is 14.2 Å². The second kappa shape index (κ2) is 6.82. The van der Waals surface area contributed by atoms with Crippen molar-refractivity contribution in [3.63, 3.8) is 0 Å². The van der Waals surface area contributed by atoms with E-state index in [9.17, 15) is 8.42 Å². The second-order valence-corrected chi connectivity index (χ2v) is 7.42. The summed E-state index contributed by atoms with van der Waals surface area (Å²) in [5.74, 6) is 1.50. The summed E-state index contributed by atoms with van der Waals surface area (Å²) in [5.41, 5.74) is 2.18. The number of nitrogens with zero attached hydrogens (tertiary/aromatic N) is 1. The van der Waals surface area contributed by atoms with Crippen molar-refractivity contribution in [3.8, 4) is 11.5 Å². The topological polar surface area (TPSA) is 93.3 Å². The number of H-pyrrole nitrogens is 1. The van der Waals surface area contributed by atoms with Crippen molar-refractivity contribution in [1.82, 2.24) is 14.7 Å². The molecule has 1 aromatic heterocycles. The highest BCUT2D eigenvalue weighted by molar-refractivity contribution is 7.89. The number of sulfonamides is 1. The van der Waals surface area contributed by atoms with Gasteiger partial charge in [0, 0.05) is 11.8 Å².